The van der Waals surface area contributed by atoms with Crippen LogP contribution >= 0.6 is 34.8 Å². The molecule has 4 rings (SSSR count). The van der Waals surface area contributed by atoms with Crippen molar-refractivity contribution < 1.29 is 9.53 Å². The van der Waals surface area contributed by atoms with E-state index in [0.717, 1.165) is 11.3 Å². The summed E-state index contributed by atoms with van der Waals surface area (Å²) in [6.45, 7) is 1.97. The fourth-order valence-corrected chi connectivity index (χ4v) is 4.08. The van der Waals surface area contributed by atoms with E-state index in [1.165, 1.54) is 0 Å². The molecule has 0 aliphatic rings. The first-order chi connectivity index (χ1) is 15.0. The molecule has 0 saturated heterocycles. The SMILES string of the molecule is CCOC(=O)c1nc(-c2ccccc2)n(-c2cccc(Cl)c2)c1-c1cc(Cl)cc(Cl)c1. The van der Waals surface area contributed by atoms with Crippen molar-refractivity contribution >= 4 is 40.8 Å². The van der Waals surface area contributed by atoms with Gasteiger partial charge in [0.15, 0.2) is 5.69 Å². The molecule has 0 fully saturated rings. The molecule has 4 aromatic rings. The maximum Gasteiger partial charge on any atom is 0.359 e. The van der Waals surface area contributed by atoms with Gasteiger partial charge in [-0.2, -0.15) is 0 Å². The maximum atomic E-state index is 12.9. The van der Waals surface area contributed by atoms with Crippen LogP contribution in [0.15, 0.2) is 72.8 Å². The van der Waals surface area contributed by atoms with E-state index in [9.17, 15) is 4.79 Å². The van der Waals surface area contributed by atoms with Crippen molar-refractivity contribution in [2.24, 2.45) is 0 Å². The Morgan fingerprint density at radius 3 is 2.23 bits per heavy atom. The maximum absolute atomic E-state index is 12.9. The van der Waals surface area contributed by atoms with E-state index in [4.69, 9.17) is 44.5 Å². The topological polar surface area (TPSA) is 44.1 Å². The van der Waals surface area contributed by atoms with Crippen LogP contribution in [0.3, 0.4) is 0 Å². The minimum Gasteiger partial charge on any atom is -0.461 e. The molecule has 0 aliphatic carbocycles. The van der Waals surface area contributed by atoms with Gasteiger partial charge in [-0.15, -0.1) is 0 Å². The summed E-state index contributed by atoms with van der Waals surface area (Å²) in [7, 11) is 0. The van der Waals surface area contributed by atoms with E-state index >= 15 is 0 Å². The molecule has 3 aromatic carbocycles. The van der Waals surface area contributed by atoms with Gasteiger partial charge >= 0.3 is 5.97 Å². The third-order valence-electron chi connectivity index (χ3n) is 4.58. The minimum absolute atomic E-state index is 0.166. The lowest BCUT2D eigenvalue weighted by molar-refractivity contribution is 0.0521. The Hall–Kier alpha value is -2.79. The molecule has 0 amide bonds. The van der Waals surface area contributed by atoms with Crippen molar-refractivity contribution in [2.75, 3.05) is 6.61 Å². The van der Waals surface area contributed by atoms with Gasteiger partial charge in [-0.3, -0.25) is 4.57 Å². The summed E-state index contributed by atoms with van der Waals surface area (Å²) >= 11 is 18.9. The van der Waals surface area contributed by atoms with Gasteiger partial charge in [0.1, 0.15) is 5.82 Å². The Kier molecular flexibility index (Phi) is 6.33. The highest BCUT2D eigenvalue weighted by Gasteiger charge is 2.27. The van der Waals surface area contributed by atoms with Crippen LogP contribution in [0.2, 0.25) is 15.1 Å². The van der Waals surface area contributed by atoms with Crippen LogP contribution in [0.1, 0.15) is 17.4 Å². The lowest BCUT2D eigenvalue weighted by Crippen LogP contribution is -2.08. The van der Waals surface area contributed by atoms with Crippen LogP contribution in [0.25, 0.3) is 28.3 Å². The monoisotopic (exact) mass is 470 g/mol. The Morgan fingerprint density at radius 2 is 1.58 bits per heavy atom. The molecule has 1 heterocycles. The van der Waals surface area contributed by atoms with Gasteiger partial charge in [0, 0.05) is 31.9 Å². The highest BCUT2D eigenvalue weighted by molar-refractivity contribution is 6.35. The van der Waals surface area contributed by atoms with Crippen molar-refractivity contribution in [2.45, 2.75) is 6.92 Å². The van der Waals surface area contributed by atoms with Gasteiger partial charge in [-0.1, -0.05) is 71.2 Å². The number of carbonyl (C=O) groups excluding carboxylic acids is 1. The number of rotatable bonds is 5. The van der Waals surface area contributed by atoms with Crippen molar-refractivity contribution in [1.29, 1.82) is 0 Å². The molecule has 0 atom stereocenters. The molecule has 0 saturated carbocycles. The fourth-order valence-electron chi connectivity index (χ4n) is 3.37. The normalized spacial score (nSPS) is 10.8. The summed E-state index contributed by atoms with van der Waals surface area (Å²) in [5, 5.41) is 1.44. The number of carbonyl (C=O) groups is 1. The Bertz CT molecular complexity index is 1230. The van der Waals surface area contributed by atoms with E-state index in [-0.39, 0.29) is 12.3 Å². The Labute approximate surface area is 195 Å². The van der Waals surface area contributed by atoms with Gasteiger partial charge in [0.2, 0.25) is 0 Å². The molecular weight excluding hydrogens is 455 g/mol. The van der Waals surface area contributed by atoms with Crippen molar-refractivity contribution in [1.82, 2.24) is 9.55 Å². The second-order valence-electron chi connectivity index (χ2n) is 6.69. The van der Waals surface area contributed by atoms with Gasteiger partial charge in [-0.05, 0) is 43.3 Å². The molecule has 0 radical (unpaired) electrons. The van der Waals surface area contributed by atoms with Gasteiger partial charge in [0.25, 0.3) is 0 Å². The number of benzene rings is 3. The molecule has 4 nitrogen and oxygen atoms in total. The number of halogens is 3. The van der Waals surface area contributed by atoms with Crippen LogP contribution in [-0.4, -0.2) is 22.1 Å². The summed E-state index contributed by atoms with van der Waals surface area (Å²) in [5.74, 6) is 0.0311. The zero-order valence-corrected chi connectivity index (χ0v) is 18.7. The smallest absolute Gasteiger partial charge is 0.359 e. The Balaban J connectivity index is 2.11. The largest absolute Gasteiger partial charge is 0.461 e. The van der Waals surface area contributed by atoms with Crippen LogP contribution in [-0.2, 0) is 4.74 Å². The van der Waals surface area contributed by atoms with E-state index in [1.54, 1.807) is 37.3 Å². The van der Waals surface area contributed by atoms with Gasteiger partial charge < -0.3 is 4.74 Å². The molecule has 156 valence electrons. The number of ether oxygens (including phenoxy) is 1. The fraction of sp³-hybridized carbons (Fsp3) is 0.0833. The molecule has 0 spiro atoms. The molecule has 0 N–H and O–H groups in total. The van der Waals surface area contributed by atoms with E-state index in [0.29, 0.717) is 32.1 Å². The summed E-state index contributed by atoms with van der Waals surface area (Å²) in [5.41, 5.74) is 2.88. The first-order valence-electron chi connectivity index (χ1n) is 9.55. The Morgan fingerprint density at radius 1 is 0.871 bits per heavy atom. The number of nitrogens with zero attached hydrogens (tertiary/aromatic N) is 2. The minimum atomic E-state index is -0.536. The number of hydrogen-bond donors (Lipinski definition) is 0. The second-order valence-corrected chi connectivity index (χ2v) is 8.00. The summed E-state index contributed by atoms with van der Waals surface area (Å²) in [6, 6.07) is 22.0. The zero-order valence-electron chi connectivity index (χ0n) is 16.5. The molecule has 0 aliphatic heterocycles. The predicted molar refractivity (Wildman–Crippen MR) is 125 cm³/mol. The summed E-state index contributed by atoms with van der Waals surface area (Å²) in [6.07, 6.45) is 0. The van der Waals surface area contributed by atoms with E-state index < -0.39 is 5.97 Å². The number of imidazole rings is 1. The molecule has 7 heteroatoms. The first kappa shape index (κ1) is 21.4. The highest BCUT2D eigenvalue weighted by Crippen LogP contribution is 2.36. The van der Waals surface area contributed by atoms with Crippen molar-refractivity contribution in [3.05, 3.63) is 93.6 Å². The second kappa shape index (κ2) is 9.15. The van der Waals surface area contributed by atoms with Crippen LogP contribution in [0, 0.1) is 0 Å². The van der Waals surface area contributed by atoms with Gasteiger partial charge in [0.05, 0.1) is 12.3 Å². The van der Waals surface area contributed by atoms with Crippen molar-refractivity contribution in [3.63, 3.8) is 0 Å². The average molecular weight is 472 g/mol. The zero-order chi connectivity index (χ0) is 22.0. The molecule has 0 bridgehead atoms. The number of hydrogen-bond acceptors (Lipinski definition) is 3. The summed E-state index contributed by atoms with van der Waals surface area (Å²) < 4.78 is 7.18. The third-order valence-corrected chi connectivity index (χ3v) is 5.25. The third kappa shape index (κ3) is 4.47. The molecule has 0 unspecified atom stereocenters. The number of esters is 1. The summed E-state index contributed by atoms with van der Waals surface area (Å²) in [4.78, 5) is 17.6. The lowest BCUT2D eigenvalue weighted by Gasteiger charge is -2.14. The lowest BCUT2D eigenvalue weighted by atomic mass is 10.1. The predicted octanol–water partition coefficient (Wildman–Crippen LogP) is 7.34. The molecule has 1 aromatic heterocycles. The van der Waals surface area contributed by atoms with Crippen molar-refractivity contribution in [3.8, 4) is 28.3 Å². The average Bonchev–Trinajstić information content (AvgIpc) is 3.15. The number of aromatic nitrogens is 2. The van der Waals surface area contributed by atoms with Crippen LogP contribution in [0.4, 0.5) is 0 Å². The quantitative estimate of drug-likeness (QED) is 0.286. The molecular formula is C24H17Cl3N2O2. The van der Waals surface area contributed by atoms with Gasteiger partial charge in [-0.25, -0.2) is 9.78 Å². The standard InChI is InChI=1S/C24H17Cl3N2O2/c1-2-31-24(30)21-22(16-11-18(26)13-19(27)12-16)29(20-10-6-9-17(25)14-20)23(28-21)15-7-4-3-5-8-15/h3-14H,2H2,1H3. The molecule has 31 heavy (non-hydrogen) atoms. The van der Waals surface area contributed by atoms with Crippen LogP contribution < -0.4 is 0 Å². The van der Waals surface area contributed by atoms with E-state index in [1.807, 2.05) is 47.0 Å². The van der Waals surface area contributed by atoms with E-state index in [2.05, 4.69) is 0 Å². The highest BCUT2D eigenvalue weighted by atomic mass is 35.5. The van der Waals surface area contributed by atoms with Crippen LogP contribution in [0.5, 0.6) is 0 Å². The first-order valence-corrected chi connectivity index (χ1v) is 10.7.